The summed E-state index contributed by atoms with van der Waals surface area (Å²) in [5.74, 6) is 1.46. The van der Waals surface area contributed by atoms with Gasteiger partial charge in [-0.3, -0.25) is 0 Å². The normalized spacial score (nSPS) is 21.6. The van der Waals surface area contributed by atoms with E-state index in [1.165, 1.54) is 5.56 Å². The zero-order valence-electron chi connectivity index (χ0n) is 18.1. The van der Waals surface area contributed by atoms with E-state index in [4.69, 9.17) is 9.47 Å². The number of nitrogens with zero attached hydrogens (tertiary/aromatic N) is 1. The number of aromatic amines is 1. The van der Waals surface area contributed by atoms with Gasteiger partial charge in [0, 0.05) is 60.3 Å². The van der Waals surface area contributed by atoms with Crippen molar-refractivity contribution in [1.29, 1.82) is 0 Å². The molecule has 2 aliphatic heterocycles. The topological polar surface area (TPSA) is 78.0 Å². The van der Waals surface area contributed by atoms with Crippen molar-refractivity contribution in [2.24, 2.45) is 0 Å². The number of aliphatic hydroxyl groups is 2. The molecule has 3 N–H and O–H groups in total. The largest absolute Gasteiger partial charge is 0.497 e. The maximum absolute atomic E-state index is 10.9. The van der Waals surface area contributed by atoms with Crippen LogP contribution in [0.1, 0.15) is 48.2 Å². The first kappa shape index (κ1) is 20.4. The second-order valence-electron chi connectivity index (χ2n) is 9.02. The van der Waals surface area contributed by atoms with Crippen molar-refractivity contribution < 1.29 is 19.7 Å². The Morgan fingerprint density at radius 2 is 2.03 bits per heavy atom. The summed E-state index contributed by atoms with van der Waals surface area (Å²) in [6.07, 6.45) is 3.09. The van der Waals surface area contributed by atoms with Crippen LogP contribution in [-0.2, 0) is 0 Å². The van der Waals surface area contributed by atoms with Crippen molar-refractivity contribution in [2.75, 3.05) is 26.7 Å². The van der Waals surface area contributed by atoms with Crippen LogP contribution in [0.3, 0.4) is 0 Å². The van der Waals surface area contributed by atoms with Crippen LogP contribution in [0.4, 0.5) is 0 Å². The van der Waals surface area contributed by atoms with E-state index < -0.39 is 12.2 Å². The third kappa shape index (κ3) is 3.80. The zero-order chi connectivity index (χ0) is 21.6. The molecule has 0 amide bonds. The van der Waals surface area contributed by atoms with E-state index in [0.29, 0.717) is 13.0 Å². The van der Waals surface area contributed by atoms with Crippen LogP contribution in [0.15, 0.2) is 42.6 Å². The van der Waals surface area contributed by atoms with Gasteiger partial charge in [-0.25, -0.2) is 0 Å². The highest BCUT2D eigenvalue weighted by Gasteiger charge is 2.43. The average molecular weight is 423 g/mol. The molecule has 0 radical (unpaired) electrons. The molecule has 0 unspecified atom stereocenters. The van der Waals surface area contributed by atoms with Crippen LogP contribution in [0.2, 0.25) is 0 Å². The molecule has 6 heteroatoms. The molecule has 1 aromatic heterocycles. The minimum Gasteiger partial charge on any atom is -0.497 e. The van der Waals surface area contributed by atoms with Crippen LogP contribution in [0, 0.1) is 6.92 Å². The number of likely N-dealkylation sites (tertiary alicyclic amines) is 1. The molecule has 3 aromatic rings. The molecule has 2 atom stereocenters. The van der Waals surface area contributed by atoms with Crippen LogP contribution in [-0.4, -0.2) is 52.4 Å². The van der Waals surface area contributed by atoms with Gasteiger partial charge in [0.1, 0.15) is 17.1 Å². The fourth-order valence-electron chi connectivity index (χ4n) is 5.07. The predicted molar refractivity (Wildman–Crippen MR) is 120 cm³/mol. The van der Waals surface area contributed by atoms with E-state index in [2.05, 4.69) is 35.0 Å². The number of H-pyrrole nitrogens is 1. The number of aryl methyl sites for hydroxylation is 1. The summed E-state index contributed by atoms with van der Waals surface area (Å²) in [6.45, 7) is 4.30. The van der Waals surface area contributed by atoms with Gasteiger partial charge in [0.05, 0.1) is 19.3 Å². The van der Waals surface area contributed by atoms with E-state index in [0.717, 1.165) is 59.5 Å². The van der Waals surface area contributed by atoms with Crippen LogP contribution in [0.5, 0.6) is 11.5 Å². The standard InChI is InChI=1S/C25H30N2O4/c1-16-3-5-18-20(14-26-21(18)11-16)23(29)15-27-9-7-25(8-10-27)13-22(28)19-6-4-17(30-2)12-24(19)31-25/h3-6,11-12,14,22-23,26,28-29H,7-10,13,15H2,1-2H3/t22-,23-/m1/s1. The van der Waals surface area contributed by atoms with Crippen molar-refractivity contribution >= 4 is 10.9 Å². The molecule has 3 heterocycles. The Bertz CT molecular complexity index is 1080. The summed E-state index contributed by atoms with van der Waals surface area (Å²) in [4.78, 5) is 5.57. The van der Waals surface area contributed by atoms with Gasteiger partial charge in [0.15, 0.2) is 0 Å². The minimum absolute atomic E-state index is 0.363. The Hall–Kier alpha value is -2.54. The Morgan fingerprint density at radius 3 is 2.81 bits per heavy atom. The molecular formula is C25H30N2O4. The fraction of sp³-hybridized carbons (Fsp3) is 0.440. The Balaban J connectivity index is 1.26. The molecule has 1 saturated heterocycles. The third-order valence-corrected chi connectivity index (χ3v) is 6.90. The zero-order valence-corrected chi connectivity index (χ0v) is 18.1. The predicted octanol–water partition coefficient (Wildman–Crippen LogP) is 3.87. The van der Waals surface area contributed by atoms with Gasteiger partial charge in [0.2, 0.25) is 0 Å². The van der Waals surface area contributed by atoms with E-state index in [1.807, 2.05) is 24.4 Å². The van der Waals surface area contributed by atoms with Crippen molar-refractivity contribution in [2.45, 2.75) is 44.0 Å². The third-order valence-electron chi connectivity index (χ3n) is 6.90. The number of rotatable bonds is 4. The van der Waals surface area contributed by atoms with Crippen molar-refractivity contribution in [3.8, 4) is 11.5 Å². The number of nitrogens with one attached hydrogen (secondary N) is 1. The molecule has 0 aliphatic carbocycles. The lowest BCUT2D eigenvalue weighted by Crippen LogP contribution is -2.51. The highest BCUT2D eigenvalue weighted by molar-refractivity contribution is 5.84. The lowest BCUT2D eigenvalue weighted by Gasteiger charge is -2.46. The summed E-state index contributed by atoms with van der Waals surface area (Å²) >= 11 is 0. The molecule has 1 spiro atoms. The van der Waals surface area contributed by atoms with Crippen molar-refractivity contribution in [1.82, 2.24) is 9.88 Å². The second-order valence-corrected chi connectivity index (χ2v) is 9.02. The molecule has 6 nitrogen and oxygen atoms in total. The van der Waals surface area contributed by atoms with Gasteiger partial charge in [-0.1, -0.05) is 12.1 Å². The molecule has 2 aliphatic rings. The number of fused-ring (bicyclic) bond motifs is 2. The van der Waals surface area contributed by atoms with Crippen molar-refractivity contribution in [3.63, 3.8) is 0 Å². The molecular weight excluding hydrogens is 392 g/mol. The Kier molecular flexibility index (Phi) is 5.16. The first-order valence-corrected chi connectivity index (χ1v) is 11.0. The SMILES string of the molecule is COc1ccc2c(c1)OC1(CCN(C[C@@H](O)c3c[nH]c4cc(C)ccc34)CC1)C[C@H]2O. The summed E-state index contributed by atoms with van der Waals surface area (Å²) in [6, 6.07) is 11.9. The lowest BCUT2D eigenvalue weighted by molar-refractivity contribution is -0.0588. The first-order valence-electron chi connectivity index (χ1n) is 11.0. The van der Waals surface area contributed by atoms with Gasteiger partial charge < -0.3 is 29.6 Å². The number of piperidine rings is 1. The molecule has 0 bridgehead atoms. The van der Waals surface area contributed by atoms with Gasteiger partial charge in [0.25, 0.3) is 0 Å². The molecule has 1 fully saturated rings. The van der Waals surface area contributed by atoms with E-state index in [9.17, 15) is 10.2 Å². The fourth-order valence-corrected chi connectivity index (χ4v) is 5.07. The highest BCUT2D eigenvalue weighted by Crippen LogP contribution is 2.45. The Morgan fingerprint density at radius 1 is 1.23 bits per heavy atom. The summed E-state index contributed by atoms with van der Waals surface area (Å²) in [7, 11) is 1.63. The smallest absolute Gasteiger partial charge is 0.129 e. The van der Waals surface area contributed by atoms with E-state index in [1.54, 1.807) is 7.11 Å². The number of aromatic nitrogens is 1. The van der Waals surface area contributed by atoms with Gasteiger partial charge in [-0.05, 0) is 43.5 Å². The van der Waals surface area contributed by atoms with Gasteiger partial charge in [-0.2, -0.15) is 0 Å². The molecule has 164 valence electrons. The first-order chi connectivity index (χ1) is 15.0. The van der Waals surface area contributed by atoms with Gasteiger partial charge in [-0.15, -0.1) is 0 Å². The van der Waals surface area contributed by atoms with Crippen LogP contribution < -0.4 is 9.47 Å². The quantitative estimate of drug-likeness (QED) is 0.595. The van der Waals surface area contributed by atoms with Crippen LogP contribution in [0.25, 0.3) is 10.9 Å². The Labute approximate surface area is 182 Å². The number of hydrogen-bond acceptors (Lipinski definition) is 5. The van der Waals surface area contributed by atoms with Gasteiger partial charge >= 0.3 is 0 Å². The maximum atomic E-state index is 10.9. The van der Waals surface area contributed by atoms with E-state index >= 15 is 0 Å². The lowest BCUT2D eigenvalue weighted by atomic mass is 9.81. The number of benzene rings is 2. The number of hydrogen-bond donors (Lipinski definition) is 3. The number of β-amino-alcohol motifs (C(OH)–C–C–N with tert-alkyl or cyclic N) is 1. The average Bonchev–Trinajstić information content (AvgIpc) is 3.18. The molecule has 5 rings (SSSR count). The number of methoxy groups -OCH3 is 1. The summed E-state index contributed by atoms with van der Waals surface area (Å²) in [5, 5.41) is 22.7. The van der Waals surface area contributed by atoms with Crippen molar-refractivity contribution in [3.05, 3.63) is 59.3 Å². The summed E-state index contributed by atoms with van der Waals surface area (Å²) < 4.78 is 11.8. The molecule has 31 heavy (non-hydrogen) atoms. The molecule has 0 saturated carbocycles. The maximum Gasteiger partial charge on any atom is 0.129 e. The van der Waals surface area contributed by atoms with E-state index in [-0.39, 0.29) is 5.60 Å². The minimum atomic E-state index is -0.548. The monoisotopic (exact) mass is 422 g/mol. The summed E-state index contributed by atoms with van der Waals surface area (Å²) in [5.41, 5.74) is 3.67. The second kappa shape index (κ2) is 7.86. The number of aliphatic hydroxyl groups excluding tert-OH is 2. The van der Waals surface area contributed by atoms with Crippen LogP contribution >= 0.6 is 0 Å². The molecule has 2 aromatic carbocycles. The highest BCUT2D eigenvalue weighted by atomic mass is 16.5. The number of ether oxygens (including phenoxy) is 2.